The van der Waals surface area contributed by atoms with E-state index in [1.165, 1.54) is 4.90 Å². The lowest BCUT2D eigenvalue weighted by Crippen LogP contribution is -2.48. The molecule has 4 N–H and O–H groups in total. The van der Waals surface area contributed by atoms with Crippen LogP contribution in [-0.2, 0) is 4.74 Å². The number of aliphatic hydroxyl groups is 1. The molecule has 0 saturated heterocycles. The first-order chi connectivity index (χ1) is 24.4. The van der Waals surface area contributed by atoms with E-state index in [-0.39, 0.29) is 56.0 Å². The molecule has 5 amide bonds. The Bertz CT molecular complexity index is 1680. The number of urea groups is 2. The number of aromatic nitrogens is 1. The maximum absolute atomic E-state index is 14.4. The normalized spacial score (nSPS) is 20.0. The van der Waals surface area contributed by atoms with E-state index < -0.39 is 18.2 Å². The van der Waals surface area contributed by atoms with Crippen molar-refractivity contribution in [1.82, 2.24) is 15.0 Å². The molecule has 3 aromatic rings. The zero-order valence-corrected chi connectivity index (χ0v) is 30.0. The molecule has 2 aromatic carbocycles. The zero-order chi connectivity index (χ0) is 36.7. The molecule has 0 aliphatic carbocycles. The van der Waals surface area contributed by atoms with Crippen molar-refractivity contribution >= 4 is 35.0 Å². The number of fused-ring (bicyclic) bond motifs is 2. The highest BCUT2D eigenvalue weighted by Crippen LogP contribution is 2.34. The minimum absolute atomic E-state index is 0.117. The lowest BCUT2D eigenvalue weighted by Gasteiger charge is -2.35. The molecule has 0 saturated carbocycles. The molecular formula is C36H48N6O9. The molecule has 0 bridgehead atoms. The molecular weight excluding hydrogens is 660 g/mol. The number of nitrogens with zero attached hydrogens (tertiary/aromatic N) is 3. The molecule has 276 valence electrons. The van der Waals surface area contributed by atoms with Crippen LogP contribution < -0.4 is 30.2 Å². The first kappa shape index (κ1) is 37.2. The zero-order valence-electron chi connectivity index (χ0n) is 30.0. The van der Waals surface area contributed by atoms with Gasteiger partial charge >= 0.3 is 12.1 Å². The van der Waals surface area contributed by atoms with Crippen molar-refractivity contribution in [2.24, 2.45) is 5.92 Å². The summed E-state index contributed by atoms with van der Waals surface area (Å²) in [5.41, 5.74) is 2.21. The lowest BCUT2D eigenvalue weighted by molar-refractivity contribution is -0.0115. The average molecular weight is 709 g/mol. The first-order valence-corrected chi connectivity index (χ1v) is 17.2. The molecule has 2 aliphatic rings. The fraction of sp³-hybridized carbons (Fsp3) is 0.500. The summed E-state index contributed by atoms with van der Waals surface area (Å²) in [7, 11) is 1.68. The van der Waals surface area contributed by atoms with E-state index in [1.54, 1.807) is 69.1 Å². The topological polar surface area (TPSA) is 177 Å². The number of hydrogen-bond acceptors (Lipinski definition) is 10. The maximum Gasteiger partial charge on any atom is 0.323 e. The number of ether oxygens (including phenoxy) is 4. The van der Waals surface area contributed by atoms with Crippen LogP contribution in [0.15, 0.2) is 40.9 Å². The second-order valence-corrected chi connectivity index (χ2v) is 13.2. The third kappa shape index (κ3) is 9.41. The van der Waals surface area contributed by atoms with Gasteiger partial charge in [0.15, 0.2) is 17.3 Å². The third-order valence-corrected chi connectivity index (χ3v) is 9.01. The summed E-state index contributed by atoms with van der Waals surface area (Å²) in [4.78, 5) is 43.7. The molecule has 0 spiro atoms. The smallest absolute Gasteiger partial charge is 0.323 e. The number of aryl methyl sites for hydroxylation is 2. The van der Waals surface area contributed by atoms with Crippen LogP contribution in [-0.4, -0.2) is 96.4 Å². The number of likely N-dealkylation sites (N-methyl/N-ethyl adjacent to an activating group) is 1. The van der Waals surface area contributed by atoms with E-state index in [9.17, 15) is 19.5 Å². The molecule has 2 aliphatic heterocycles. The summed E-state index contributed by atoms with van der Waals surface area (Å²) in [6, 6.07) is 8.58. The van der Waals surface area contributed by atoms with Gasteiger partial charge in [0.2, 0.25) is 6.79 Å². The minimum Gasteiger partial charge on any atom is -0.490 e. The number of nitrogens with one attached hydrogen (secondary N) is 3. The highest BCUT2D eigenvalue weighted by atomic mass is 16.7. The van der Waals surface area contributed by atoms with E-state index in [0.717, 1.165) is 12.8 Å². The second kappa shape index (κ2) is 16.8. The van der Waals surface area contributed by atoms with Gasteiger partial charge in [0.05, 0.1) is 30.4 Å². The molecule has 1 aromatic heterocycles. The van der Waals surface area contributed by atoms with Crippen LogP contribution in [0.5, 0.6) is 17.2 Å². The number of rotatable bonds is 7. The quantitative estimate of drug-likeness (QED) is 0.241. The van der Waals surface area contributed by atoms with Gasteiger partial charge in [-0.15, -0.1) is 0 Å². The van der Waals surface area contributed by atoms with Crippen LogP contribution >= 0.6 is 0 Å². The van der Waals surface area contributed by atoms with Gasteiger partial charge in [0, 0.05) is 50.1 Å². The molecule has 0 radical (unpaired) electrons. The van der Waals surface area contributed by atoms with Gasteiger partial charge < -0.3 is 54.3 Å². The number of carbonyl (C=O) groups is 3. The summed E-state index contributed by atoms with van der Waals surface area (Å²) < 4.78 is 28.6. The van der Waals surface area contributed by atoms with E-state index in [1.807, 2.05) is 13.8 Å². The van der Waals surface area contributed by atoms with Gasteiger partial charge in [-0.1, -0.05) is 12.1 Å². The van der Waals surface area contributed by atoms with Crippen LogP contribution in [0.2, 0.25) is 0 Å². The van der Waals surface area contributed by atoms with Gasteiger partial charge in [-0.25, -0.2) is 9.59 Å². The van der Waals surface area contributed by atoms with E-state index in [4.69, 9.17) is 23.5 Å². The number of hydrogen-bond donors (Lipinski definition) is 4. The summed E-state index contributed by atoms with van der Waals surface area (Å²) >= 11 is 0. The highest BCUT2D eigenvalue weighted by Gasteiger charge is 2.31. The Hall–Kier alpha value is -5.02. The largest absolute Gasteiger partial charge is 0.490 e. The van der Waals surface area contributed by atoms with Gasteiger partial charge in [0.1, 0.15) is 17.1 Å². The van der Waals surface area contributed by atoms with E-state index in [0.29, 0.717) is 58.8 Å². The lowest BCUT2D eigenvalue weighted by atomic mass is 10.0. The SMILES string of the molecule is Cc1noc(C)c1NC(=O)N(C)C[C@H]1OCCCC[C@H](C)Oc2ccc(NC(=O)Nc3ccc4c(c3)OCO4)cc2C(=O)N([C@H](C)CO)C[C@@H]1C. The molecule has 4 atom stereocenters. The van der Waals surface area contributed by atoms with Crippen molar-refractivity contribution in [2.75, 3.05) is 56.1 Å². The van der Waals surface area contributed by atoms with Crippen molar-refractivity contribution in [3.8, 4) is 17.2 Å². The van der Waals surface area contributed by atoms with E-state index in [2.05, 4.69) is 21.1 Å². The molecule has 15 heteroatoms. The Morgan fingerprint density at radius 3 is 2.43 bits per heavy atom. The van der Waals surface area contributed by atoms with Crippen molar-refractivity contribution in [2.45, 2.75) is 72.1 Å². The number of anilines is 3. The number of aliphatic hydroxyl groups excluding tert-OH is 1. The molecule has 0 fully saturated rings. The fourth-order valence-electron chi connectivity index (χ4n) is 5.95. The molecule has 5 rings (SSSR count). The Balaban J connectivity index is 1.36. The molecule has 3 heterocycles. The van der Waals surface area contributed by atoms with E-state index >= 15 is 0 Å². The van der Waals surface area contributed by atoms with Crippen molar-refractivity contribution in [3.05, 3.63) is 53.4 Å². The first-order valence-electron chi connectivity index (χ1n) is 17.2. The monoisotopic (exact) mass is 708 g/mol. The van der Waals surface area contributed by atoms with Crippen LogP contribution in [0.25, 0.3) is 0 Å². The molecule has 51 heavy (non-hydrogen) atoms. The van der Waals surface area contributed by atoms with Crippen molar-refractivity contribution in [1.29, 1.82) is 0 Å². The van der Waals surface area contributed by atoms with Crippen molar-refractivity contribution in [3.63, 3.8) is 0 Å². The average Bonchev–Trinajstić information content (AvgIpc) is 3.70. The number of amides is 5. The minimum atomic E-state index is -0.565. The van der Waals surface area contributed by atoms with Crippen molar-refractivity contribution < 1.29 is 43.0 Å². The summed E-state index contributed by atoms with van der Waals surface area (Å²) in [6.45, 7) is 9.89. The number of benzene rings is 2. The third-order valence-electron chi connectivity index (χ3n) is 9.01. The van der Waals surface area contributed by atoms with Gasteiger partial charge in [-0.3, -0.25) is 4.79 Å². The highest BCUT2D eigenvalue weighted by molar-refractivity contribution is 6.02. The standard InChI is InChI=1S/C36H48N6O9/c1-21-17-42(22(2)19-43)34(44)28-15-26(37-35(45)38-27-11-13-30-31(16-27)49-20-48-30)10-12-29(28)50-23(3)9-7-8-14-47-32(21)18-41(6)36(46)39-33-24(4)40-51-25(33)5/h10-13,15-16,21-23,32,43H,7-9,14,17-20H2,1-6H3,(H,39,46)(H2,37,38,45)/t21-,22+,23-,32+/m0/s1. The Morgan fingerprint density at radius 2 is 1.73 bits per heavy atom. The second-order valence-electron chi connectivity index (χ2n) is 13.2. The molecule has 0 unspecified atom stereocenters. The predicted octanol–water partition coefficient (Wildman–Crippen LogP) is 5.62. The summed E-state index contributed by atoms with van der Waals surface area (Å²) in [5.74, 6) is 1.37. The van der Waals surface area contributed by atoms with Gasteiger partial charge in [0.25, 0.3) is 5.91 Å². The van der Waals surface area contributed by atoms with Crippen LogP contribution in [0.3, 0.4) is 0 Å². The summed E-state index contributed by atoms with van der Waals surface area (Å²) in [5, 5.41) is 22.6. The predicted molar refractivity (Wildman–Crippen MR) is 190 cm³/mol. The fourth-order valence-corrected chi connectivity index (χ4v) is 5.95. The Morgan fingerprint density at radius 1 is 1.02 bits per heavy atom. The molecule has 15 nitrogen and oxygen atoms in total. The van der Waals surface area contributed by atoms with Gasteiger partial charge in [-0.2, -0.15) is 0 Å². The van der Waals surface area contributed by atoms with Crippen LogP contribution in [0, 0.1) is 19.8 Å². The maximum atomic E-state index is 14.4. The van der Waals surface area contributed by atoms with Crippen LogP contribution in [0.1, 0.15) is 61.8 Å². The number of carbonyl (C=O) groups excluding carboxylic acids is 3. The van der Waals surface area contributed by atoms with Gasteiger partial charge in [-0.05, 0) is 77.3 Å². The Kier molecular flexibility index (Phi) is 12.3. The summed E-state index contributed by atoms with van der Waals surface area (Å²) in [6.07, 6.45) is 1.66. The van der Waals surface area contributed by atoms with Crippen LogP contribution in [0.4, 0.5) is 26.7 Å². The Labute approximate surface area is 297 Å².